The Morgan fingerprint density at radius 2 is 1.94 bits per heavy atom. The number of rotatable bonds is 7. The van der Waals surface area contributed by atoms with E-state index in [1.54, 1.807) is 0 Å². The molecule has 8 nitrogen and oxygen atoms in total. The molecule has 5 atom stereocenters. The highest BCUT2D eigenvalue weighted by Gasteiger charge is 2.53. The average Bonchev–Trinajstić information content (AvgIpc) is 3.04. The van der Waals surface area contributed by atoms with Gasteiger partial charge in [-0.05, 0) is 12.8 Å². The number of carboxylic acids is 2. The van der Waals surface area contributed by atoms with Crippen LogP contribution in [-0.2, 0) is 14.2 Å². The molecule has 0 radical (unpaired) electrons. The van der Waals surface area contributed by atoms with Gasteiger partial charge in [0, 0.05) is 12.1 Å². The molecule has 1 aliphatic carbocycles. The largest absolute Gasteiger partial charge is 0.481 e. The molecule has 0 aromatic heterocycles. The Balaban J connectivity index is 2.51. The van der Waals surface area contributed by atoms with Crippen LogP contribution in [0.2, 0.25) is 0 Å². The standard InChI is InChI=1S/C9H16NO7P/c10-6(8(13)14)1-2-18(16,17)9(15)5-3-4(5)7(11)12/h4-6,9,15H,1-3,10H2,(H,11,12)(H,13,14)(H,16,17)/t4-,5+,6-,9-/m0/s1. The van der Waals surface area contributed by atoms with E-state index in [2.05, 4.69) is 0 Å². The van der Waals surface area contributed by atoms with Crippen molar-refractivity contribution in [2.75, 3.05) is 6.16 Å². The Bertz CT molecular complexity index is 398. The third-order valence-electron chi connectivity index (χ3n) is 3.03. The zero-order chi connectivity index (χ0) is 14.1. The SMILES string of the molecule is N[C@@H](CCP(=O)(O)[C@H](O)[C@@H]1C[C@@H]1C(=O)O)C(=O)O. The highest BCUT2D eigenvalue weighted by atomic mass is 31.2. The van der Waals surface area contributed by atoms with Crippen molar-refractivity contribution in [1.82, 2.24) is 0 Å². The van der Waals surface area contributed by atoms with E-state index in [0.29, 0.717) is 0 Å². The van der Waals surface area contributed by atoms with Gasteiger partial charge in [-0.25, -0.2) is 0 Å². The number of carboxylic acid groups (broad SMARTS) is 2. The van der Waals surface area contributed by atoms with E-state index in [0.717, 1.165) is 0 Å². The molecule has 6 N–H and O–H groups in total. The van der Waals surface area contributed by atoms with Gasteiger partial charge in [0.05, 0.1) is 5.92 Å². The van der Waals surface area contributed by atoms with Gasteiger partial charge < -0.3 is 25.9 Å². The van der Waals surface area contributed by atoms with Gasteiger partial charge in [0.2, 0.25) is 7.37 Å². The molecule has 0 aromatic rings. The van der Waals surface area contributed by atoms with Crippen molar-refractivity contribution in [2.24, 2.45) is 17.6 Å². The maximum absolute atomic E-state index is 11.8. The molecule has 0 saturated heterocycles. The molecule has 18 heavy (non-hydrogen) atoms. The summed E-state index contributed by atoms with van der Waals surface area (Å²) in [6.45, 7) is 0. The zero-order valence-electron chi connectivity index (χ0n) is 9.47. The zero-order valence-corrected chi connectivity index (χ0v) is 10.4. The van der Waals surface area contributed by atoms with Gasteiger partial charge >= 0.3 is 11.9 Å². The number of nitrogens with two attached hydrogens (primary N) is 1. The van der Waals surface area contributed by atoms with Crippen molar-refractivity contribution in [3.8, 4) is 0 Å². The first-order valence-corrected chi connectivity index (χ1v) is 7.29. The van der Waals surface area contributed by atoms with Gasteiger partial charge in [0.15, 0.2) is 0 Å². The minimum Gasteiger partial charge on any atom is -0.481 e. The summed E-state index contributed by atoms with van der Waals surface area (Å²) in [6.07, 6.45) is -0.527. The molecular formula is C9H16NO7P. The Morgan fingerprint density at radius 3 is 2.33 bits per heavy atom. The van der Waals surface area contributed by atoms with Crippen LogP contribution >= 0.6 is 7.37 Å². The van der Waals surface area contributed by atoms with E-state index >= 15 is 0 Å². The lowest BCUT2D eigenvalue weighted by atomic mass is 10.2. The Labute approximate surface area is 103 Å². The summed E-state index contributed by atoms with van der Waals surface area (Å²) in [6, 6.07) is -1.27. The third kappa shape index (κ3) is 3.52. The normalized spacial score (nSPS) is 29.1. The number of hydrogen-bond donors (Lipinski definition) is 5. The first-order valence-electron chi connectivity index (χ1n) is 5.37. The van der Waals surface area contributed by atoms with Gasteiger partial charge in [-0.1, -0.05) is 0 Å². The second kappa shape index (κ2) is 5.36. The van der Waals surface area contributed by atoms with Gasteiger partial charge in [-0.3, -0.25) is 14.2 Å². The molecular weight excluding hydrogens is 265 g/mol. The molecule has 1 aliphatic rings. The first kappa shape index (κ1) is 15.1. The molecule has 0 amide bonds. The van der Waals surface area contributed by atoms with Crippen molar-refractivity contribution in [3.05, 3.63) is 0 Å². The van der Waals surface area contributed by atoms with Crippen LogP contribution in [0.15, 0.2) is 0 Å². The third-order valence-corrected chi connectivity index (χ3v) is 5.14. The van der Waals surface area contributed by atoms with E-state index in [4.69, 9.17) is 15.9 Å². The monoisotopic (exact) mass is 281 g/mol. The van der Waals surface area contributed by atoms with Gasteiger partial charge in [0.25, 0.3) is 0 Å². The molecule has 0 aromatic carbocycles. The van der Waals surface area contributed by atoms with Crippen LogP contribution in [0.1, 0.15) is 12.8 Å². The quantitative estimate of drug-likeness (QED) is 0.375. The molecule has 1 fully saturated rings. The lowest BCUT2D eigenvalue weighted by molar-refractivity contribution is -0.139. The van der Waals surface area contributed by atoms with Crippen LogP contribution in [0.25, 0.3) is 0 Å². The molecule has 1 saturated carbocycles. The summed E-state index contributed by atoms with van der Waals surface area (Å²) < 4.78 is 11.8. The summed E-state index contributed by atoms with van der Waals surface area (Å²) in [4.78, 5) is 30.6. The van der Waals surface area contributed by atoms with E-state index in [9.17, 15) is 24.2 Å². The van der Waals surface area contributed by atoms with E-state index in [1.807, 2.05) is 0 Å². The van der Waals surface area contributed by atoms with Crippen LogP contribution in [-0.4, -0.2) is 50.2 Å². The maximum Gasteiger partial charge on any atom is 0.320 e. The summed E-state index contributed by atoms with van der Waals surface area (Å²) in [5.74, 6) is -5.56. The van der Waals surface area contributed by atoms with Crippen LogP contribution in [0.4, 0.5) is 0 Å². The van der Waals surface area contributed by atoms with Crippen molar-refractivity contribution < 1.29 is 34.4 Å². The van der Waals surface area contributed by atoms with Crippen LogP contribution in [0.5, 0.6) is 0 Å². The molecule has 1 unspecified atom stereocenters. The van der Waals surface area contributed by atoms with Crippen molar-refractivity contribution in [1.29, 1.82) is 0 Å². The summed E-state index contributed by atoms with van der Waals surface area (Å²) in [5, 5.41) is 26.8. The highest BCUT2D eigenvalue weighted by Crippen LogP contribution is 2.57. The molecule has 0 bridgehead atoms. The lowest BCUT2D eigenvalue weighted by Crippen LogP contribution is -2.31. The molecule has 0 heterocycles. The van der Waals surface area contributed by atoms with E-state index in [-0.39, 0.29) is 12.8 Å². The van der Waals surface area contributed by atoms with E-state index in [1.165, 1.54) is 0 Å². The highest BCUT2D eigenvalue weighted by molar-refractivity contribution is 7.58. The van der Waals surface area contributed by atoms with Crippen molar-refractivity contribution >= 4 is 19.3 Å². The lowest BCUT2D eigenvalue weighted by Gasteiger charge is -2.18. The number of aliphatic hydroxyl groups excluding tert-OH is 1. The molecule has 1 rings (SSSR count). The molecule has 104 valence electrons. The molecule has 9 heteroatoms. The minimum absolute atomic E-state index is 0.159. The second-order valence-electron chi connectivity index (χ2n) is 4.47. The smallest absolute Gasteiger partial charge is 0.320 e. The van der Waals surface area contributed by atoms with Gasteiger partial charge in [-0.15, -0.1) is 0 Å². The average molecular weight is 281 g/mol. The van der Waals surface area contributed by atoms with Crippen LogP contribution < -0.4 is 5.73 Å². The predicted molar refractivity (Wildman–Crippen MR) is 60.2 cm³/mol. The summed E-state index contributed by atoms with van der Waals surface area (Å²) >= 11 is 0. The Kier molecular flexibility index (Phi) is 4.50. The van der Waals surface area contributed by atoms with Crippen LogP contribution in [0, 0.1) is 11.8 Å². The predicted octanol–water partition coefficient (Wildman–Crippen LogP) is -0.902. The Morgan fingerprint density at radius 1 is 1.39 bits per heavy atom. The first-order chi connectivity index (χ1) is 8.16. The molecule has 0 spiro atoms. The van der Waals surface area contributed by atoms with Gasteiger partial charge in [0.1, 0.15) is 11.9 Å². The number of carbonyl (C=O) groups is 2. The van der Waals surface area contributed by atoms with Crippen LogP contribution in [0.3, 0.4) is 0 Å². The maximum atomic E-state index is 11.8. The van der Waals surface area contributed by atoms with E-state index < -0.39 is 49.2 Å². The second-order valence-corrected chi connectivity index (χ2v) is 6.96. The minimum atomic E-state index is -4.00. The van der Waals surface area contributed by atoms with Gasteiger partial charge in [-0.2, -0.15) is 0 Å². The molecule has 0 aliphatic heterocycles. The fraction of sp³-hybridized carbons (Fsp3) is 0.778. The van der Waals surface area contributed by atoms with Crippen molar-refractivity contribution in [2.45, 2.75) is 24.7 Å². The fourth-order valence-corrected chi connectivity index (χ4v) is 3.55. The number of aliphatic hydroxyl groups is 1. The number of hydrogen-bond acceptors (Lipinski definition) is 5. The number of aliphatic carboxylic acids is 2. The Hall–Kier alpha value is -0.950. The topological polar surface area (TPSA) is 158 Å². The van der Waals surface area contributed by atoms with Crippen molar-refractivity contribution in [3.63, 3.8) is 0 Å². The fourth-order valence-electron chi connectivity index (χ4n) is 1.71. The summed E-state index contributed by atoms with van der Waals surface area (Å²) in [7, 11) is -4.00. The summed E-state index contributed by atoms with van der Waals surface area (Å²) in [5.41, 5.74) is 5.18.